The summed E-state index contributed by atoms with van der Waals surface area (Å²) in [5.41, 5.74) is 0.619. The smallest absolute Gasteiger partial charge is 0.419 e. The number of rotatable bonds is 9. The number of ether oxygens (including phenoxy) is 1. The average molecular weight is 661 g/mol. The SMILES string of the molecule is CC(=O)OCCNc1ccc(NC(=O)c2cc(NC(=O)[C@H]3[C@H](c4ccc(F)c(C(F)(F)F)c4)C3(Cl)Cl)ccc2Cl)c(C)c1. The Morgan fingerprint density at radius 2 is 1.67 bits per heavy atom. The number of anilines is 3. The highest BCUT2D eigenvalue weighted by atomic mass is 35.5. The van der Waals surface area contributed by atoms with E-state index in [2.05, 4.69) is 16.0 Å². The third-order valence-electron chi connectivity index (χ3n) is 6.68. The molecule has 3 aromatic rings. The van der Waals surface area contributed by atoms with Crippen LogP contribution in [-0.4, -0.2) is 35.3 Å². The highest BCUT2D eigenvalue weighted by molar-refractivity contribution is 6.53. The van der Waals surface area contributed by atoms with Gasteiger partial charge in [0.15, 0.2) is 0 Å². The molecule has 0 bridgehead atoms. The molecule has 0 spiro atoms. The molecule has 2 atom stereocenters. The van der Waals surface area contributed by atoms with Crippen molar-refractivity contribution in [3.05, 3.63) is 87.7 Å². The van der Waals surface area contributed by atoms with E-state index in [9.17, 15) is 31.9 Å². The second-order valence-electron chi connectivity index (χ2n) is 9.80. The molecule has 1 aliphatic rings. The van der Waals surface area contributed by atoms with E-state index in [1.165, 1.54) is 25.1 Å². The molecule has 228 valence electrons. The van der Waals surface area contributed by atoms with E-state index in [4.69, 9.17) is 39.5 Å². The normalized spacial score (nSPS) is 17.1. The summed E-state index contributed by atoms with van der Waals surface area (Å²) in [6, 6.07) is 11.7. The Labute approximate surface area is 258 Å². The molecule has 3 N–H and O–H groups in total. The highest BCUT2D eigenvalue weighted by Gasteiger charge is 2.67. The quantitative estimate of drug-likeness (QED) is 0.0953. The average Bonchev–Trinajstić information content (AvgIpc) is 3.50. The van der Waals surface area contributed by atoms with Crippen molar-refractivity contribution in [2.24, 2.45) is 5.92 Å². The summed E-state index contributed by atoms with van der Waals surface area (Å²) in [5, 5.41) is 8.52. The van der Waals surface area contributed by atoms with Gasteiger partial charge in [0, 0.05) is 36.4 Å². The Morgan fingerprint density at radius 3 is 2.33 bits per heavy atom. The molecule has 4 rings (SSSR count). The van der Waals surface area contributed by atoms with Crippen LogP contribution >= 0.6 is 34.8 Å². The fourth-order valence-electron chi connectivity index (χ4n) is 4.51. The van der Waals surface area contributed by atoms with Crippen molar-refractivity contribution in [2.45, 2.75) is 30.3 Å². The van der Waals surface area contributed by atoms with Crippen molar-refractivity contribution in [2.75, 3.05) is 29.1 Å². The first kappa shape index (κ1) is 32.4. The molecular weight excluding hydrogens is 637 g/mol. The Hall–Kier alpha value is -3.54. The lowest BCUT2D eigenvalue weighted by Crippen LogP contribution is -2.18. The lowest BCUT2D eigenvalue weighted by atomic mass is 10.0. The molecule has 2 amide bonds. The number of alkyl halides is 5. The van der Waals surface area contributed by atoms with Crippen LogP contribution < -0.4 is 16.0 Å². The molecule has 0 aromatic heterocycles. The van der Waals surface area contributed by atoms with Gasteiger partial charge in [0.1, 0.15) is 16.8 Å². The lowest BCUT2D eigenvalue weighted by molar-refractivity contribution is -0.141. The summed E-state index contributed by atoms with van der Waals surface area (Å²) < 4.78 is 56.5. The molecule has 0 radical (unpaired) electrons. The van der Waals surface area contributed by atoms with Gasteiger partial charge in [-0.15, -0.1) is 23.2 Å². The second kappa shape index (κ2) is 12.6. The largest absolute Gasteiger partial charge is 0.464 e. The first-order valence-electron chi connectivity index (χ1n) is 12.7. The molecule has 1 aliphatic carbocycles. The van der Waals surface area contributed by atoms with E-state index in [-0.39, 0.29) is 34.4 Å². The van der Waals surface area contributed by atoms with Gasteiger partial charge < -0.3 is 20.7 Å². The number of halogens is 7. The Kier molecular flexibility index (Phi) is 9.48. The molecule has 1 saturated carbocycles. The van der Waals surface area contributed by atoms with Gasteiger partial charge in [0.2, 0.25) is 5.91 Å². The van der Waals surface area contributed by atoms with Crippen LogP contribution in [0.3, 0.4) is 0 Å². The van der Waals surface area contributed by atoms with Crippen LogP contribution in [0.5, 0.6) is 0 Å². The first-order valence-corrected chi connectivity index (χ1v) is 13.9. The van der Waals surface area contributed by atoms with Crippen molar-refractivity contribution in [3.8, 4) is 0 Å². The predicted molar refractivity (Wildman–Crippen MR) is 156 cm³/mol. The van der Waals surface area contributed by atoms with Crippen LogP contribution in [-0.2, 0) is 20.5 Å². The molecule has 0 unspecified atom stereocenters. The maximum Gasteiger partial charge on any atom is 0.419 e. The monoisotopic (exact) mass is 659 g/mol. The van der Waals surface area contributed by atoms with Crippen LogP contribution in [0.25, 0.3) is 0 Å². The van der Waals surface area contributed by atoms with Gasteiger partial charge in [-0.2, -0.15) is 13.2 Å². The zero-order valence-electron chi connectivity index (χ0n) is 22.5. The summed E-state index contributed by atoms with van der Waals surface area (Å²) in [4.78, 5) is 37.0. The van der Waals surface area contributed by atoms with Gasteiger partial charge in [-0.25, -0.2) is 4.39 Å². The minimum Gasteiger partial charge on any atom is -0.464 e. The molecule has 3 aromatic carbocycles. The molecule has 14 heteroatoms. The van der Waals surface area contributed by atoms with Gasteiger partial charge in [-0.3, -0.25) is 14.4 Å². The van der Waals surface area contributed by atoms with Gasteiger partial charge in [0.05, 0.1) is 22.1 Å². The van der Waals surface area contributed by atoms with Crippen LogP contribution in [0, 0.1) is 18.7 Å². The number of benzene rings is 3. The van der Waals surface area contributed by atoms with Crippen LogP contribution in [0.2, 0.25) is 5.02 Å². The number of carbonyl (C=O) groups is 3. The molecule has 1 fully saturated rings. The van der Waals surface area contributed by atoms with E-state index in [0.29, 0.717) is 24.4 Å². The van der Waals surface area contributed by atoms with E-state index in [1.807, 2.05) is 0 Å². The zero-order valence-corrected chi connectivity index (χ0v) is 24.8. The van der Waals surface area contributed by atoms with Crippen molar-refractivity contribution in [1.29, 1.82) is 0 Å². The molecule has 0 heterocycles. The summed E-state index contributed by atoms with van der Waals surface area (Å²) >= 11 is 18.8. The number of carbonyl (C=O) groups excluding carboxylic acids is 3. The standard InChI is InChI=1S/C29H24Cl3F4N3O4/c1-14-11-17(37-9-10-43-15(2)40)5-8-23(14)39-26(41)19-13-18(4-6-21(19)30)38-27(42)25-24(28(25,31)32)16-3-7-22(33)20(12-16)29(34,35)36/h3-8,11-13,24-25,37H,9-10H2,1-2H3,(H,38,42)(H,39,41)/t24-,25+/m0/s1. The summed E-state index contributed by atoms with van der Waals surface area (Å²) in [6.45, 7) is 3.69. The molecular formula is C29H24Cl3F4N3O4. The first-order chi connectivity index (χ1) is 20.1. The Bertz CT molecular complexity index is 1580. The number of amides is 2. The van der Waals surface area contributed by atoms with Gasteiger partial charge >= 0.3 is 12.1 Å². The fraction of sp³-hybridized carbons (Fsp3) is 0.276. The second-order valence-corrected chi connectivity index (χ2v) is 11.7. The van der Waals surface area contributed by atoms with Crippen LogP contribution in [0.1, 0.15) is 39.9 Å². The summed E-state index contributed by atoms with van der Waals surface area (Å²) in [5.74, 6) is -5.31. The van der Waals surface area contributed by atoms with E-state index < -0.39 is 45.5 Å². The van der Waals surface area contributed by atoms with Gasteiger partial charge in [-0.05, 0) is 66.6 Å². The number of hydrogen-bond donors (Lipinski definition) is 3. The summed E-state index contributed by atoms with van der Waals surface area (Å²) in [7, 11) is 0. The number of nitrogens with one attached hydrogen (secondary N) is 3. The summed E-state index contributed by atoms with van der Waals surface area (Å²) in [6.07, 6.45) is -4.95. The molecule has 43 heavy (non-hydrogen) atoms. The number of hydrogen-bond acceptors (Lipinski definition) is 5. The maximum atomic E-state index is 13.8. The Morgan fingerprint density at radius 1 is 0.977 bits per heavy atom. The predicted octanol–water partition coefficient (Wildman–Crippen LogP) is 7.56. The van der Waals surface area contributed by atoms with E-state index >= 15 is 0 Å². The Balaban J connectivity index is 1.44. The van der Waals surface area contributed by atoms with E-state index in [0.717, 1.165) is 17.3 Å². The third kappa shape index (κ3) is 7.52. The van der Waals surface area contributed by atoms with Gasteiger partial charge in [-0.1, -0.05) is 17.7 Å². The molecule has 0 aliphatic heterocycles. The molecule has 0 saturated heterocycles. The van der Waals surface area contributed by atoms with Crippen molar-refractivity contribution in [1.82, 2.24) is 0 Å². The fourth-order valence-corrected chi connectivity index (χ4v) is 5.54. The maximum absolute atomic E-state index is 13.8. The topological polar surface area (TPSA) is 96.5 Å². The van der Waals surface area contributed by atoms with Crippen molar-refractivity contribution >= 4 is 69.6 Å². The van der Waals surface area contributed by atoms with Gasteiger partial charge in [0.25, 0.3) is 5.91 Å². The van der Waals surface area contributed by atoms with Crippen LogP contribution in [0.4, 0.5) is 34.6 Å². The molecule has 7 nitrogen and oxygen atoms in total. The lowest BCUT2D eigenvalue weighted by Gasteiger charge is -2.13. The zero-order chi connectivity index (χ0) is 31.7. The van der Waals surface area contributed by atoms with E-state index in [1.54, 1.807) is 25.1 Å². The number of esters is 1. The third-order valence-corrected chi connectivity index (χ3v) is 7.95. The van der Waals surface area contributed by atoms with Crippen molar-refractivity contribution in [3.63, 3.8) is 0 Å². The highest BCUT2D eigenvalue weighted by Crippen LogP contribution is 2.65. The number of aryl methyl sites for hydroxylation is 1. The van der Waals surface area contributed by atoms with Crippen LogP contribution in [0.15, 0.2) is 54.6 Å². The van der Waals surface area contributed by atoms with Crippen molar-refractivity contribution < 1.29 is 36.7 Å². The minimum absolute atomic E-state index is 0.0335. The minimum atomic E-state index is -4.95.